The lowest BCUT2D eigenvalue weighted by Gasteiger charge is -2.18. The van der Waals surface area contributed by atoms with Crippen molar-refractivity contribution in [2.24, 2.45) is 0 Å². The number of fused-ring (bicyclic) bond motifs is 1. The van der Waals surface area contributed by atoms with E-state index in [0.717, 1.165) is 16.0 Å². The molecule has 0 aliphatic heterocycles. The van der Waals surface area contributed by atoms with E-state index in [9.17, 15) is 4.79 Å². The molecule has 2 aromatic rings. The molecule has 102 valence electrons. The van der Waals surface area contributed by atoms with Crippen LogP contribution in [-0.2, 0) is 9.53 Å². The summed E-state index contributed by atoms with van der Waals surface area (Å²) in [4.78, 5) is 24.1. The number of aryl methyl sites for hydroxylation is 2. The molecule has 19 heavy (non-hydrogen) atoms. The van der Waals surface area contributed by atoms with Gasteiger partial charge in [-0.1, -0.05) is 0 Å². The van der Waals surface area contributed by atoms with E-state index in [1.807, 2.05) is 11.9 Å². The van der Waals surface area contributed by atoms with Crippen molar-refractivity contribution in [1.29, 1.82) is 0 Å². The number of thiophene rings is 1. The second-order valence-corrected chi connectivity index (χ2v) is 5.61. The van der Waals surface area contributed by atoms with Gasteiger partial charge in [0.1, 0.15) is 17.0 Å². The first-order chi connectivity index (χ1) is 9.04. The summed E-state index contributed by atoms with van der Waals surface area (Å²) in [5.41, 5.74) is 1.21. The van der Waals surface area contributed by atoms with Gasteiger partial charge >= 0.3 is 5.97 Å². The number of carbonyl (C=O) groups excluding carboxylic acids is 1. The molecule has 2 heterocycles. The summed E-state index contributed by atoms with van der Waals surface area (Å²) in [6, 6.07) is 0. The highest BCUT2D eigenvalue weighted by molar-refractivity contribution is 7.18. The second kappa shape index (κ2) is 5.52. The van der Waals surface area contributed by atoms with Gasteiger partial charge in [0.25, 0.3) is 0 Å². The normalized spacial score (nSPS) is 10.7. The lowest BCUT2D eigenvalue weighted by molar-refractivity contribution is -0.140. The average Bonchev–Trinajstić information content (AvgIpc) is 2.71. The summed E-state index contributed by atoms with van der Waals surface area (Å²) >= 11 is 1.67. The van der Waals surface area contributed by atoms with E-state index < -0.39 is 0 Å². The van der Waals surface area contributed by atoms with Gasteiger partial charge in [0.05, 0.1) is 18.9 Å². The molecule has 0 N–H and O–H groups in total. The van der Waals surface area contributed by atoms with Crippen LogP contribution in [0.2, 0.25) is 0 Å². The van der Waals surface area contributed by atoms with Gasteiger partial charge in [0.2, 0.25) is 0 Å². The summed E-state index contributed by atoms with van der Waals surface area (Å²) in [6.45, 7) is 4.74. The van der Waals surface area contributed by atoms with Gasteiger partial charge in [-0.15, -0.1) is 11.3 Å². The maximum Gasteiger partial charge on any atom is 0.307 e. The number of hydrogen-bond acceptors (Lipinski definition) is 6. The number of esters is 1. The molecule has 0 amide bonds. The molecule has 2 aromatic heterocycles. The Labute approximate surface area is 116 Å². The molecule has 0 spiro atoms. The fourth-order valence-corrected chi connectivity index (χ4v) is 2.91. The van der Waals surface area contributed by atoms with Crippen LogP contribution in [0.4, 0.5) is 5.82 Å². The van der Waals surface area contributed by atoms with Gasteiger partial charge in [-0.25, -0.2) is 9.97 Å². The number of hydrogen-bond donors (Lipinski definition) is 0. The Balaban J connectivity index is 2.31. The number of aromatic nitrogens is 2. The van der Waals surface area contributed by atoms with E-state index in [1.54, 1.807) is 17.7 Å². The van der Waals surface area contributed by atoms with Crippen molar-refractivity contribution in [3.63, 3.8) is 0 Å². The molecule has 0 saturated heterocycles. The fraction of sp³-hybridized carbons (Fsp3) is 0.462. The summed E-state index contributed by atoms with van der Waals surface area (Å²) in [5, 5.41) is 1.08. The zero-order valence-electron chi connectivity index (χ0n) is 11.6. The SMILES string of the molecule is COC(=O)CCN(C)c1ncnc2sc(C)c(C)c12. The van der Waals surface area contributed by atoms with Crippen molar-refractivity contribution in [1.82, 2.24) is 9.97 Å². The predicted molar refractivity (Wildman–Crippen MR) is 76.8 cm³/mol. The van der Waals surface area contributed by atoms with Gasteiger partial charge in [-0.05, 0) is 19.4 Å². The van der Waals surface area contributed by atoms with E-state index in [1.165, 1.54) is 17.6 Å². The van der Waals surface area contributed by atoms with Crippen molar-refractivity contribution in [3.8, 4) is 0 Å². The molecule has 0 atom stereocenters. The first-order valence-electron chi connectivity index (χ1n) is 6.03. The minimum Gasteiger partial charge on any atom is -0.469 e. The van der Waals surface area contributed by atoms with E-state index in [4.69, 9.17) is 0 Å². The molecule has 0 unspecified atom stereocenters. The molecule has 0 fully saturated rings. The molecule has 0 saturated carbocycles. The topological polar surface area (TPSA) is 55.3 Å². The average molecular weight is 279 g/mol. The Morgan fingerprint density at radius 3 is 2.84 bits per heavy atom. The van der Waals surface area contributed by atoms with Crippen molar-refractivity contribution in [2.75, 3.05) is 25.6 Å². The number of anilines is 1. The van der Waals surface area contributed by atoms with Crippen LogP contribution in [0.25, 0.3) is 10.2 Å². The predicted octanol–water partition coefficient (Wildman–Crippen LogP) is 2.31. The molecule has 0 bridgehead atoms. The molecule has 6 heteroatoms. The van der Waals surface area contributed by atoms with Gasteiger partial charge in [-0.2, -0.15) is 0 Å². The molecule has 0 radical (unpaired) electrons. The molecule has 2 rings (SSSR count). The van der Waals surface area contributed by atoms with E-state index >= 15 is 0 Å². The highest BCUT2D eigenvalue weighted by Gasteiger charge is 2.15. The van der Waals surface area contributed by atoms with Crippen LogP contribution in [0.15, 0.2) is 6.33 Å². The van der Waals surface area contributed by atoms with Gasteiger partial charge in [-0.3, -0.25) is 4.79 Å². The molecular formula is C13H17N3O2S. The van der Waals surface area contributed by atoms with Gasteiger partial charge < -0.3 is 9.64 Å². The van der Waals surface area contributed by atoms with Crippen LogP contribution in [0.3, 0.4) is 0 Å². The van der Waals surface area contributed by atoms with Crippen LogP contribution in [-0.4, -0.2) is 36.6 Å². The molecule has 0 aliphatic carbocycles. The third kappa shape index (κ3) is 2.68. The number of rotatable bonds is 4. The van der Waals surface area contributed by atoms with Crippen LogP contribution in [0, 0.1) is 13.8 Å². The standard InChI is InChI=1S/C13H17N3O2S/c1-8-9(2)19-13-11(8)12(14-7-15-13)16(3)6-5-10(17)18-4/h7H,5-6H2,1-4H3. The largest absolute Gasteiger partial charge is 0.469 e. The first kappa shape index (κ1) is 13.7. The Morgan fingerprint density at radius 2 is 2.16 bits per heavy atom. The van der Waals surface area contributed by atoms with Crippen LogP contribution < -0.4 is 4.90 Å². The maximum atomic E-state index is 11.2. The van der Waals surface area contributed by atoms with Gasteiger partial charge in [0.15, 0.2) is 0 Å². The second-order valence-electron chi connectivity index (χ2n) is 4.41. The molecule has 0 aliphatic rings. The molecule has 5 nitrogen and oxygen atoms in total. The quantitative estimate of drug-likeness (QED) is 0.804. The third-order valence-corrected chi connectivity index (χ3v) is 4.30. The minimum absolute atomic E-state index is 0.213. The lowest BCUT2D eigenvalue weighted by Crippen LogP contribution is -2.22. The number of methoxy groups -OCH3 is 1. The summed E-state index contributed by atoms with van der Waals surface area (Å²) in [6.07, 6.45) is 1.92. The highest BCUT2D eigenvalue weighted by Crippen LogP contribution is 2.33. The minimum atomic E-state index is -0.213. The van der Waals surface area contributed by atoms with Gasteiger partial charge in [0, 0.05) is 18.5 Å². The Hall–Kier alpha value is -1.69. The van der Waals surface area contributed by atoms with Crippen LogP contribution in [0.1, 0.15) is 16.9 Å². The Bertz CT molecular complexity index is 609. The summed E-state index contributed by atoms with van der Waals surface area (Å²) < 4.78 is 4.66. The lowest BCUT2D eigenvalue weighted by atomic mass is 10.2. The Morgan fingerprint density at radius 1 is 1.42 bits per heavy atom. The number of ether oxygens (including phenoxy) is 1. The number of carbonyl (C=O) groups is 1. The van der Waals surface area contributed by atoms with Crippen molar-refractivity contribution >= 4 is 33.3 Å². The maximum absolute atomic E-state index is 11.2. The van der Waals surface area contributed by atoms with E-state index in [0.29, 0.717) is 13.0 Å². The van der Waals surface area contributed by atoms with Crippen LogP contribution >= 0.6 is 11.3 Å². The van der Waals surface area contributed by atoms with Crippen molar-refractivity contribution in [2.45, 2.75) is 20.3 Å². The zero-order valence-corrected chi connectivity index (χ0v) is 12.4. The monoisotopic (exact) mass is 279 g/mol. The van der Waals surface area contributed by atoms with Crippen LogP contribution in [0.5, 0.6) is 0 Å². The zero-order chi connectivity index (χ0) is 14.0. The van der Waals surface area contributed by atoms with Crippen molar-refractivity contribution < 1.29 is 9.53 Å². The summed E-state index contributed by atoms with van der Waals surface area (Å²) in [5.74, 6) is 0.658. The fourth-order valence-electron chi connectivity index (χ4n) is 1.92. The number of nitrogens with zero attached hydrogens (tertiary/aromatic N) is 3. The third-order valence-electron chi connectivity index (χ3n) is 3.19. The van der Waals surface area contributed by atoms with E-state index in [2.05, 4.69) is 28.6 Å². The summed E-state index contributed by atoms with van der Waals surface area (Å²) in [7, 11) is 3.33. The van der Waals surface area contributed by atoms with Crippen molar-refractivity contribution in [3.05, 3.63) is 16.8 Å². The molecule has 0 aromatic carbocycles. The highest BCUT2D eigenvalue weighted by atomic mass is 32.1. The first-order valence-corrected chi connectivity index (χ1v) is 6.85. The molecular weight excluding hydrogens is 262 g/mol. The smallest absolute Gasteiger partial charge is 0.307 e. The Kier molecular flexibility index (Phi) is 3.99. The van der Waals surface area contributed by atoms with E-state index in [-0.39, 0.29) is 5.97 Å².